The summed E-state index contributed by atoms with van der Waals surface area (Å²) in [6.45, 7) is 3.33. The molecule has 0 radical (unpaired) electrons. The van der Waals surface area contributed by atoms with Crippen molar-refractivity contribution in [3.63, 3.8) is 0 Å². The number of rotatable bonds is 5. The fourth-order valence-corrected chi connectivity index (χ4v) is 2.16. The maximum Gasteiger partial charge on any atom is 0.267 e. The molecule has 0 aliphatic rings. The Morgan fingerprint density at radius 3 is 2.79 bits per heavy atom. The Kier molecular flexibility index (Phi) is 4.74. The highest BCUT2D eigenvalue weighted by Gasteiger charge is 2.04. The molecular weight excluding hydrogens is 306 g/mol. The molecule has 0 spiro atoms. The van der Waals surface area contributed by atoms with Crippen LogP contribution in [0.4, 0.5) is 5.69 Å². The van der Waals surface area contributed by atoms with Gasteiger partial charge in [-0.2, -0.15) is 0 Å². The van der Waals surface area contributed by atoms with E-state index >= 15 is 0 Å². The molecule has 4 nitrogen and oxygen atoms in total. The van der Waals surface area contributed by atoms with Gasteiger partial charge in [0.1, 0.15) is 10.3 Å². The van der Waals surface area contributed by atoms with Crippen molar-refractivity contribution in [3.05, 3.63) is 57.2 Å². The fourth-order valence-electron chi connectivity index (χ4n) is 1.84. The van der Waals surface area contributed by atoms with Crippen molar-refractivity contribution < 1.29 is 0 Å². The number of aryl methyl sites for hydroxylation is 1. The third-order valence-electron chi connectivity index (χ3n) is 2.87. The second kappa shape index (κ2) is 6.52. The molecule has 0 saturated heterocycles. The zero-order valence-electron chi connectivity index (χ0n) is 10.8. The van der Waals surface area contributed by atoms with Crippen LogP contribution in [-0.2, 0) is 6.54 Å². The molecule has 1 aromatic carbocycles. The van der Waals surface area contributed by atoms with Crippen molar-refractivity contribution in [1.82, 2.24) is 9.55 Å². The van der Waals surface area contributed by atoms with Gasteiger partial charge in [-0.25, -0.2) is 4.98 Å². The molecule has 0 unspecified atom stereocenters. The molecule has 2 aromatic rings. The predicted octanol–water partition coefficient (Wildman–Crippen LogP) is 2.82. The van der Waals surface area contributed by atoms with E-state index in [0.29, 0.717) is 11.0 Å². The normalized spacial score (nSPS) is 10.4. The Morgan fingerprint density at radius 2 is 2.05 bits per heavy atom. The summed E-state index contributed by atoms with van der Waals surface area (Å²) in [7, 11) is 0. The zero-order chi connectivity index (χ0) is 13.7. The first-order valence-corrected chi connectivity index (χ1v) is 6.98. The van der Waals surface area contributed by atoms with E-state index in [1.807, 2.05) is 37.3 Å². The number of hydrogen-bond acceptors (Lipinski definition) is 3. The SMILES string of the molecule is Cc1ncc(Br)c(=O)n1CCCNc1ccccc1. The maximum atomic E-state index is 11.9. The van der Waals surface area contributed by atoms with Crippen molar-refractivity contribution in [1.29, 1.82) is 0 Å². The average molecular weight is 322 g/mol. The molecule has 0 saturated carbocycles. The number of halogens is 1. The zero-order valence-corrected chi connectivity index (χ0v) is 12.4. The standard InChI is InChI=1S/C14H16BrN3O/c1-11-17-10-13(15)14(19)18(11)9-5-8-16-12-6-3-2-4-7-12/h2-4,6-7,10,16H,5,8-9H2,1H3. The van der Waals surface area contributed by atoms with Crippen molar-refractivity contribution in [2.45, 2.75) is 19.9 Å². The summed E-state index contributed by atoms with van der Waals surface area (Å²) >= 11 is 3.21. The van der Waals surface area contributed by atoms with Gasteiger partial charge in [0.05, 0.1) is 0 Å². The molecule has 1 aromatic heterocycles. The summed E-state index contributed by atoms with van der Waals surface area (Å²) in [6.07, 6.45) is 2.42. The monoisotopic (exact) mass is 321 g/mol. The predicted molar refractivity (Wildman–Crippen MR) is 80.5 cm³/mol. The van der Waals surface area contributed by atoms with Crippen molar-refractivity contribution in [2.75, 3.05) is 11.9 Å². The Labute approximate surface area is 120 Å². The molecule has 5 heteroatoms. The molecule has 0 aliphatic carbocycles. The molecule has 0 aliphatic heterocycles. The summed E-state index contributed by atoms with van der Waals surface area (Å²) in [5.74, 6) is 0.743. The summed E-state index contributed by atoms with van der Waals surface area (Å²) < 4.78 is 2.20. The molecule has 1 heterocycles. The molecule has 19 heavy (non-hydrogen) atoms. The van der Waals surface area contributed by atoms with Gasteiger partial charge in [0.25, 0.3) is 5.56 Å². The summed E-state index contributed by atoms with van der Waals surface area (Å²) in [5, 5.41) is 3.32. The lowest BCUT2D eigenvalue weighted by molar-refractivity contribution is 0.603. The summed E-state index contributed by atoms with van der Waals surface area (Å²) in [6, 6.07) is 10.0. The Hall–Kier alpha value is -1.62. The number of para-hydroxylation sites is 1. The molecule has 0 atom stereocenters. The molecule has 1 N–H and O–H groups in total. The third-order valence-corrected chi connectivity index (χ3v) is 3.41. The lowest BCUT2D eigenvalue weighted by atomic mass is 10.3. The number of nitrogens with zero attached hydrogens (tertiary/aromatic N) is 2. The number of nitrogens with one attached hydrogen (secondary N) is 1. The summed E-state index contributed by atoms with van der Waals surface area (Å²) in [5.41, 5.74) is 1.08. The third kappa shape index (κ3) is 3.67. The van der Waals surface area contributed by atoms with Crippen LogP contribution < -0.4 is 10.9 Å². The van der Waals surface area contributed by atoms with E-state index < -0.39 is 0 Å². The van der Waals surface area contributed by atoms with Gasteiger partial charge in [-0.15, -0.1) is 0 Å². The van der Waals surface area contributed by atoms with Crippen LogP contribution in [0, 0.1) is 6.92 Å². The minimum absolute atomic E-state index is 0.0211. The average Bonchev–Trinajstić information content (AvgIpc) is 2.43. The van der Waals surface area contributed by atoms with Gasteiger partial charge >= 0.3 is 0 Å². The van der Waals surface area contributed by atoms with E-state index in [1.54, 1.807) is 10.8 Å². The number of benzene rings is 1. The van der Waals surface area contributed by atoms with Gasteiger partial charge in [-0.3, -0.25) is 9.36 Å². The van der Waals surface area contributed by atoms with Crippen LogP contribution in [0.1, 0.15) is 12.2 Å². The van der Waals surface area contributed by atoms with Gasteiger partial charge in [0.2, 0.25) is 0 Å². The Balaban J connectivity index is 1.90. The van der Waals surface area contributed by atoms with E-state index in [9.17, 15) is 4.79 Å². The molecule has 0 fully saturated rings. The lowest BCUT2D eigenvalue weighted by Gasteiger charge is -2.10. The Morgan fingerprint density at radius 1 is 1.32 bits per heavy atom. The van der Waals surface area contributed by atoms with Gasteiger partial charge in [0.15, 0.2) is 0 Å². The van der Waals surface area contributed by atoms with E-state index in [4.69, 9.17) is 0 Å². The second-order valence-electron chi connectivity index (χ2n) is 4.26. The quantitative estimate of drug-likeness (QED) is 0.861. The maximum absolute atomic E-state index is 11.9. The molecule has 0 bridgehead atoms. The number of hydrogen-bond donors (Lipinski definition) is 1. The highest BCUT2D eigenvalue weighted by atomic mass is 79.9. The second-order valence-corrected chi connectivity index (χ2v) is 5.11. The van der Waals surface area contributed by atoms with Gasteiger partial charge in [0, 0.05) is 25.0 Å². The van der Waals surface area contributed by atoms with E-state index in [2.05, 4.69) is 26.2 Å². The van der Waals surface area contributed by atoms with Gasteiger partial charge < -0.3 is 5.32 Å². The van der Waals surface area contributed by atoms with Crippen LogP contribution in [-0.4, -0.2) is 16.1 Å². The van der Waals surface area contributed by atoms with Crippen LogP contribution >= 0.6 is 15.9 Å². The minimum Gasteiger partial charge on any atom is -0.385 e. The minimum atomic E-state index is -0.0211. The molecule has 100 valence electrons. The summed E-state index contributed by atoms with van der Waals surface area (Å²) in [4.78, 5) is 16.1. The van der Waals surface area contributed by atoms with Crippen molar-refractivity contribution in [2.24, 2.45) is 0 Å². The Bertz CT molecular complexity index is 595. The number of aromatic nitrogens is 2. The highest BCUT2D eigenvalue weighted by Crippen LogP contribution is 2.05. The fraction of sp³-hybridized carbons (Fsp3) is 0.286. The van der Waals surface area contributed by atoms with Crippen LogP contribution in [0.2, 0.25) is 0 Å². The molecular formula is C14H16BrN3O. The lowest BCUT2D eigenvalue weighted by Crippen LogP contribution is -2.25. The van der Waals surface area contributed by atoms with Crippen LogP contribution in [0.25, 0.3) is 0 Å². The van der Waals surface area contributed by atoms with E-state index in [1.165, 1.54) is 0 Å². The van der Waals surface area contributed by atoms with E-state index in [-0.39, 0.29) is 5.56 Å². The first-order valence-electron chi connectivity index (χ1n) is 6.19. The van der Waals surface area contributed by atoms with Crippen molar-refractivity contribution >= 4 is 21.6 Å². The first-order chi connectivity index (χ1) is 9.18. The van der Waals surface area contributed by atoms with Crippen LogP contribution in [0.3, 0.4) is 0 Å². The van der Waals surface area contributed by atoms with E-state index in [0.717, 1.165) is 24.5 Å². The first kappa shape index (κ1) is 13.8. The van der Waals surface area contributed by atoms with Gasteiger partial charge in [-0.05, 0) is 41.4 Å². The van der Waals surface area contributed by atoms with Crippen LogP contribution in [0.5, 0.6) is 0 Å². The smallest absolute Gasteiger partial charge is 0.267 e. The number of anilines is 1. The highest BCUT2D eigenvalue weighted by molar-refractivity contribution is 9.10. The molecule has 2 rings (SSSR count). The van der Waals surface area contributed by atoms with Crippen molar-refractivity contribution in [3.8, 4) is 0 Å². The largest absolute Gasteiger partial charge is 0.385 e. The molecule has 0 amide bonds. The topological polar surface area (TPSA) is 46.9 Å². The van der Waals surface area contributed by atoms with Gasteiger partial charge in [-0.1, -0.05) is 18.2 Å². The van der Waals surface area contributed by atoms with Crippen LogP contribution in [0.15, 0.2) is 45.8 Å².